The topological polar surface area (TPSA) is 76.8 Å². The van der Waals surface area contributed by atoms with Crippen molar-refractivity contribution in [3.05, 3.63) is 64.4 Å². The Morgan fingerprint density at radius 1 is 1.09 bits per heavy atom. The number of nitrogens with two attached hydrogens (primary N) is 1. The van der Waals surface area contributed by atoms with E-state index in [0.717, 1.165) is 5.56 Å². The van der Waals surface area contributed by atoms with E-state index in [-0.39, 0.29) is 11.4 Å². The van der Waals surface area contributed by atoms with Crippen molar-refractivity contribution < 1.29 is 4.98 Å². The highest BCUT2D eigenvalue weighted by Crippen LogP contribution is 2.39. The summed E-state index contributed by atoms with van der Waals surface area (Å²) in [5, 5.41) is 10.3. The van der Waals surface area contributed by atoms with Gasteiger partial charge in [0.15, 0.2) is 12.4 Å². The van der Waals surface area contributed by atoms with Gasteiger partial charge in [-0.25, -0.2) is 9.97 Å². The average Bonchev–Trinajstić information content (AvgIpc) is 2.55. The smallest absolute Gasteiger partial charge is 0.167 e. The fourth-order valence-corrected chi connectivity index (χ4v) is 2.94. The number of nitrogens with zero attached hydrogens (tertiary/aromatic N) is 2. The number of halogens is 2. The third kappa shape index (κ3) is 2.85. The van der Waals surface area contributed by atoms with E-state index < -0.39 is 0 Å². The first-order valence-corrected chi connectivity index (χ1v) is 7.49. The predicted octanol–water partition coefficient (Wildman–Crippen LogP) is 3.99. The molecule has 0 radical (unpaired) electrons. The van der Waals surface area contributed by atoms with Crippen LogP contribution in [-0.2, 0) is 0 Å². The molecule has 0 fully saturated rings. The van der Waals surface area contributed by atoms with Crippen LogP contribution in [0.2, 0.25) is 10.0 Å². The standard InChI is InChI=1S/C17H10Cl2N4/c18-13-2-1-3-14(19)16(13)11-8-15(10-4-6-22-7-5-10)23-17(21)12(11)9-20/h1-8H,(H2,21,23)/p+1. The molecular weight excluding hydrogens is 331 g/mol. The Labute approximate surface area is 143 Å². The van der Waals surface area contributed by atoms with E-state index in [2.05, 4.69) is 16.0 Å². The van der Waals surface area contributed by atoms with Gasteiger partial charge in [-0.15, -0.1) is 0 Å². The van der Waals surface area contributed by atoms with Gasteiger partial charge >= 0.3 is 0 Å². The SMILES string of the molecule is N#Cc1c(-c2c(Cl)cccc2Cl)cc(-c2cc[nH+]cc2)nc1N. The normalized spacial score (nSPS) is 10.3. The van der Waals surface area contributed by atoms with Crippen molar-refractivity contribution in [1.29, 1.82) is 5.26 Å². The number of anilines is 1. The molecule has 0 aliphatic carbocycles. The van der Waals surface area contributed by atoms with E-state index in [0.29, 0.717) is 26.9 Å². The van der Waals surface area contributed by atoms with Crippen LogP contribution in [0.15, 0.2) is 48.8 Å². The Balaban J connectivity index is 2.32. The number of nitriles is 1. The molecule has 0 atom stereocenters. The summed E-state index contributed by atoms with van der Waals surface area (Å²) in [4.78, 5) is 7.27. The molecule has 0 aliphatic heterocycles. The lowest BCUT2D eigenvalue weighted by atomic mass is 9.98. The van der Waals surface area contributed by atoms with Crippen molar-refractivity contribution >= 4 is 29.0 Å². The van der Waals surface area contributed by atoms with Gasteiger partial charge in [-0.2, -0.15) is 5.26 Å². The van der Waals surface area contributed by atoms with Gasteiger partial charge in [-0.3, -0.25) is 0 Å². The zero-order chi connectivity index (χ0) is 16.4. The molecular formula is C17H11Cl2N4+. The second kappa shape index (κ2) is 6.25. The Kier molecular flexibility index (Phi) is 4.16. The molecule has 4 nitrogen and oxygen atoms in total. The molecule has 0 spiro atoms. The number of pyridine rings is 2. The van der Waals surface area contributed by atoms with Gasteiger partial charge in [0, 0.05) is 38.9 Å². The number of nitrogens with one attached hydrogen (secondary N) is 1. The van der Waals surface area contributed by atoms with Gasteiger partial charge < -0.3 is 5.73 Å². The van der Waals surface area contributed by atoms with Crippen molar-refractivity contribution in [2.75, 3.05) is 5.73 Å². The lowest BCUT2D eigenvalue weighted by Crippen LogP contribution is -2.02. The number of aromatic amines is 1. The summed E-state index contributed by atoms with van der Waals surface area (Å²) in [6, 6.07) is 12.8. The third-order valence-electron chi connectivity index (χ3n) is 3.41. The van der Waals surface area contributed by atoms with Crippen LogP contribution >= 0.6 is 23.2 Å². The van der Waals surface area contributed by atoms with Gasteiger partial charge in [0.2, 0.25) is 0 Å². The third-order valence-corrected chi connectivity index (χ3v) is 4.04. The Morgan fingerprint density at radius 2 is 1.74 bits per heavy atom. The molecule has 0 bridgehead atoms. The van der Waals surface area contributed by atoms with E-state index in [1.807, 2.05) is 12.1 Å². The number of nitrogen functional groups attached to an aromatic ring is 1. The molecule has 0 saturated heterocycles. The monoisotopic (exact) mass is 341 g/mol. The minimum absolute atomic E-state index is 0.142. The van der Waals surface area contributed by atoms with Crippen LogP contribution < -0.4 is 10.7 Å². The first kappa shape index (κ1) is 15.3. The van der Waals surface area contributed by atoms with Crippen molar-refractivity contribution in [3.8, 4) is 28.5 Å². The molecule has 0 unspecified atom stereocenters. The molecule has 2 aromatic heterocycles. The Hall–Kier alpha value is -2.61. The van der Waals surface area contributed by atoms with Crippen LogP contribution in [0, 0.1) is 11.3 Å². The summed E-state index contributed by atoms with van der Waals surface area (Å²) in [5.74, 6) is 0.142. The fraction of sp³-hybridized carbons (Fsp3) is 0. The lowest BCUT2D eigenvalue weighted by molar-refractivity contribution is -0.377. The number of H-pyrrole nitrogens is 1. The van der Waals surface area contributed by atoms with Crippen molar-refractivity contribution in [2.45, 2.75) is 0 Å². The number of aromatic nitrogens is 2. The van der Waals surface area contributed by atoms with Gasteiger partial charge in [-0.1, -0.05) is 29.3 Å². The van der Waals surface area contributed by atoms with Crippen LogP contribution in [0.3, 0.4) is 0 Å². The molecule has 1 aromatic carbocycles. The van der Waals surface area contributed by atoms with E-state index in [9.17, 15) is 5.26 Å². The Morgan fingerprint density at radius 3 is 2.35 bits per heavy atom. The number of benzene rings is 1. The van der Waals surface area contributed by atoms with E-state index >= 15 is 0 Å². The molecule has 0 amide bonds. The average molecular weight is 342 g/mol. The van der Waals surface area contributed by atoms with Crippen LogP contribution in [-0.4, -0.2) is 4.98 Å². The summed E-state index contributed by atoms with van der Waals surface area (Å²) < 4.78 is 0. The maximum absolute atomic E-state index is 9.44. The maximum atomic E-state index is 9.44. The highest BCUT2D eigenvalue weighted by molar-refractivity contribution is 6.39. The van der Waals surface area contributed by atoms with Crippen molar-refractivity contribution in [2.24, 2.45) is 0 Å². The van der Waals surface area contributed by atoms with E-state index in [1.165, 1.54) is 0 Å². The molecule has 3 aromatic rings. The van der Waals surface area contributed by atoms with Crippen LogP contribution in [0.25, 0.3) is 22.4 Å². The molecule has 6 heteroatoms. The van der Waals surface area contributed by atoms with Gasteiger partial charge in [0.1, 0.15) is 17.5 Å². The van der Waals surface area contributed by atoms with E-state index in [4.69, 9.17) is 28.9 Å². The molecule has 112 valence electrons. The molecule has 0 saturated carbocycles. The maximum Gasteiger partial charge on any atom is 0.167 e. The summed E-state index contributed by atoms with van der Waals surface area (Å²) in [6.07, 6.45) is 3.57. The zero-order valence-electron chi connectivity index (χ0n) is 11.8. The first-order valence-electron chi connectivity index (χ1n) is 6.73. The number of hydrogen-bond donors (Lipinski definition) is 1. The fourth-order valence-electron chi connectivity index (χ4n) is 2.34. The second-order valence-corrected chi connectivity index (χ2v) is 5.63. The predicted molar refractivity (Wildman–Crippen MR) is 90.8 cm³/mol. The summed E-state index contributed by atoms with van der Waals surface area (Å²) >= 11 is 12.6. The van der Waals surface area contributed by atoms with Gasteiger partial charge in [0.25, 0.3) is 0 Å². The summed E-state index contributed by atoms with van der Waals surface area (Å²) in [7, 11) is 0. The van der Waals surface area contributed by atoms with Crippen LogP contribution in [0.4, 0.5) is 5.82 Å². The Bertz CT molecular complexity index is 898. The molecule has 3 N–H and O–H groups in total. The van der Waals surface area contributed by atoms with Crippen LogP contribution in [0.1, 0.15) is 5.56 Å². The van der Waals surface area contributed by atoms with E-state index in [1.54, 1.807) is 36.7 Å². The molecule has 2 heterocycles. The summed E-state index contributed by atoms with van der Waals surface area (Å²) in [6.45, 7) is 0. The molecule has 0 aliphatic rings. The second-order valence-electron chi connectivity index (χ2n) is 4.81. The van der Waals surface area contributed by atoms with Gasteiger partial charge in [0.05, 0.1) is 5.69 Å². The highest BCUT2D eigenvalue weighted by Gasteiger charge is 2.18. The van der Waals surface area contributed by atoms with Crippen molar-refractivity contribution in [1.82, 2.24) is 4.98 Å². The quantitative estimate of drug-likeness (QED) is 0.765. The zero-order valence-corrected chi connectivity index (χ0v) is 13.4. The number of hydrogen-bond acceptors (Lipinski definition) is 3. The minimum Gasteiger partial charge on any atom is -0.383 e. The lowest BCUT2D eigenvalue weighted by Gasteiger charge is -2.12. The molecule has 3 rings (SSSR count). The molecule has 23 heavy (non-hydrogen) atoms. The summed E-state index contributed by atoms with van der Waals surface area (Å²) in [5.41, 5.74) is 8.88. The highest BCUT2D eigenvalue weighted by atomic mass is 35.5. The first-order chi connectivity index (χ1) is 11.1. The van der Waals surface area contributed by atoms with Gasteiger partial charge in [-0.05, 0) is 18.2 Å². The number of rotatable bonds is 2. The van der Waals surface area contributed by atoms with Crippen LogP contribution in [0.5, 0.6) is 0 Å². The minimum atomic E-state index is 0.142. The largest absolute Gasteiger partial charge is 0.383 e. The van der Waals surface area contributed by atoms with Crippen molar-refractivity contribution in [3.63, 3.8) is 0 Å².